The first-order chi connectivity index (χ1) is 12.2. The lowest BCUT2D eigenvalue weighted by Crippen LogP contribution is -2.48. The van der Waals surface area contributed by atoms with Crippen LogP contribution >= 0.6 is 9.24 Å². The zero-order valence-corrected chi connectivity index (χ0v) is 16.7. The monoisotopic (exact) mass is 360 g/mol. The molecule has 0 saturated heterocycles. The van der Waals surface area contributed by atoms with Crippen molar-refractivity contribution in [2.24, 2.45) is 23.2 Å². The zero-order chi connectivity index (χ0) is 17.3. The molecule has 4 aliphatic rings. The van der Waals surface area contributed by atoms with Gasteiger partial charge in [-0.15, -0.1) is 9.24 Å². The predicted molar refractivity (Wildman–Crippen MR) is 106 cm³/mol. The summed E-state index contributed by atoms with van der Waals surface area (Å²) in [6, 6.07) is 8.51. The number of rotatable bonds is 8. The molecule has 4 bridgehead atoms. The van der Waals surface area contributed by atoms with E-state index >= 15 is 0 Å². The van der Waals surface area contributed by atoms with Gasteiger partial charge >= 0.3 is 0 Å². The number of hydrogen-bond acceptors (Lipinski definition) is 2. The third-order valence-corrected chi connectivity index (χ3v) is 7.17. The van der Waals surface area contributed by atoms with Gasteiger partial charge in [0.1, 0.15) is 5.75 Å². The SMILES string of the molecule is CCCOC(CC12CC3CC(CC(C3)C1)C2)Oc1ccc(CP)cc1. The second-order valence-corrected chi connectivity index (χ2v) is 9.30. The summed E-state index contributed by atoms with van der Waals surface area (Å²) < 4.78 is 12.5. The molecule has 0 heterocycles. The smallest absolute Gasteiger partial charge is 0.200 e. The first kappa shape index (κ1) is 17.8. The van der Waals surface area contributed by atoms with Crippen LogP contribution in [0.25, 0.3) is 0 Å². The first-order valence-electron chi connectivity index (χ1n) is 10.3. The molecule has 0 radical (unpaired) electrons. The molecule has 1 aromatic carbocycles. The summed E-state index contributed by atoms with van der Waals surface area (Å²) >= 11 is 0. The molecule has 5 rings (SSSR count). The van der Waals surface area contributed by atoms with E-state index in [1.807, 2.05) is 0 Å². The Balaban J connectivity index is 1.45. The maximum Gasteiger partial charge on any atom is 0.200 e. The largest absolute Gasteiger partial charge is 0.465 e. The van der Waals surface area contributed by atoms with Crippen molar-refractivity contribution in [3.05, 3.63) is 29.8 Å². The van der Waals surface area contributed by atoms with Crippen LogP contribution in [0, 0.1) is 23.2 Å². The van der Waals surface area contributed by atoms with Crippen LogP contribution in [0.2, 0.25) is 0 Å². The summed E-state index contributed by atoms with van der Waals surface area (Å²) in [5, 5.41) is 0. The second kappa shape index (κ2) is 7.57. The number of hydrogen-bond donors (Lipinski definition) is 0. The van der Waals surface area contributed by atoms with Crippen molar-refractivity contribution in [1.82, 2.24) is 0 Å². The maximum absolute atomic E-state index is 6.33. The summed E-state index contributed by atoms with van der Waals surface area (Å²) in [4.78, 5) is 0. The van der Waals surface area contributed by atoms with Gasteiger partial charge in [-0.05, 0) is 92.0 Å². The molecule has 3 heteroatoms. The Bertz CT molecular complexity index is 533. The topological polar surface area (TPSA) is 18.5 Å². The molecule has 138 valence electrons. The van der Waals surface area contributed by atoms with Crippen molar-refractivity contribution in [1.29, 1.82) is 0 Å². The van der Waals surface area contributed by atoms with Crippen molar-refractivity contribution >= 4 is 9.24 Å². The highest BCUT2D eigenvalue weighted by Gasteiger charge is 2.51. The van der Waals surface area contributed by atoms with Crippen LogP contribution in [0.4, 0.5) is 0 Å². The Hall–Kier alpha value is -0.590. The van der Waals surface area contributed by atoms with E-state index < -0.39 is 0 Å². The van der Waals surface area contributed by atoms with E-state index in [9.17, 15) is 0 Å². The van der Waals surface area contributed by atoms with Crippen LogP contribution in [0.5, 0.6) is 5.75 Å². The fourth-order valence-electron chi connectivity index (χ4n) is 6.13. The highest BCUT2D eigenvalue weighted by Crippen LogP contribution is 2.61. The van der Waals surface area contributed by atoms with Crippen LogP contribution < -0.4 is 4.74 Å². The van der Waals surface area contributed by atoms with E-state index in [-0.39, 0.29) is 6.29 Å². The standard InChI is InChI=1S/C22H33O2P/c1-2-7-23-21(24-20-5-3-16(15-25)4-6-20)14-22-11-17-8-18(12-22)10-19(9-17)13-22/h3-6,17-19,21H,2,7-15,25H2,1H3. The highest BCUT2D eigenvalue weighted by atomic mass is 31.0. The molecule has 0 N–H and O–H groups in total. The van der Waals surface area contributed by atoms with Gasteiger partial charge in [-0.2, -0.15) is 0 Å². The lowest BCUT2D eigenvalue weighted by Gasteiger charge is -2.57. The minimum absolute atomic E-state index is 0.0851. The normalized spacial score (nSPS) is 34.2. The Morgan fingerprint density at radius 2 is 1.64 bits per heavy atom. The van der Waals surface area contributed by atoms with E-state index in [1.54, 1.807) is 0 Å². The Morgan fingerprint density at radius 3 is 2.16 bits per heavy atom. The van der Waals surface area contributed by atoms with Gasteiger partial charge in [0, 0.05) is 6.42 Å². The second-order valence-electron chi connectivity index (χ2n) is 8.89. The predicted octanol–water partition coefficient (Wildman–Crippen LogP) is 5.80. The van der Waals surface area contributed by atoms with Gasteiger partial charge in [0.2, 0.25) is 0 Å². The van der Waals surface area contributed by atoms with Gasteiger partial charge < -0.3 is 9.47 Å². The minimum Gasteiger partial charge on any atom is -0.465 e. The zero-order valence-electron chi connectivity index (χ0n) is 15.6. The van der Waals surface area contributed by atoms with E-state index in [1.165, 1.54) is 44.1 Å². The third-order valence-electron chi connectivity index (χ3n) is 6.70. The first-order valence-corrected chi connectivity index (χ1v) is 11.1. The van der Waals surface area contributed by atoms with Crippen molar-refractivity contribution in [2.75, 3.05) is 6.61 Å². The van der Waals surface area contributed by atoms with Gasteiger partial charge in [0.15, 0.2) is 6.29 Å². The number of ether oxygens (including phenoxy) is 2. The van der Waals surface area contributed by atoms with Crippen molar-refractivity contribution in [2.45, 2.75) is 70.7 Å². The lowest BCUT2D eigenvalue weighted by molar-refractivity contribution is -0.142. The van der Waals surface area contributed by atoms with E-state index in [4.69, 9.17) is 9.47 Å². The Kier molecular flexibility index (Phi) is 5.39. The van der Waals surface area contributed by atoms with Gasteiger partial charge in [0.25, 0.3) is 0 Å². The summed E-state index contributed by atoms with van der Waals surface area (Å²) in [7, 11) is 2.77. The third kappa shape index (κ3) is 4.06. The van der Waals surface area contributed by atoms with Crippen LogP contribution in [0.1, 0.15) is 63.9 Å². The van der Waals surface area contributed by atoms with Crippen LogP contribution in [0.3, 0.4) is 0 Å². The van der Waals surface area contributed by atoms with Crippen molar-refractivity contribution in [3.8, 4) is 5.75 Å². The van der Waals surface area contributed by atoms with Gasteiger partial charge in [-0.1, -0.05) is 19.1 Å². The quantitative estimate of drug-likeness (QED) is 0.431. The van der Waals surface area contributed by atoms with Crippen LogP contribution in [-0.2, 0) is 10.9 Å². The molecule has 4 saturated carbocycles. The molecule has 0 spiro atoms. The molecule has 0 aliphatic heterocycles. The molecule has 2 unspecified atom stereocenters. The van der Waals surface area contributed by atoms with Gasteiger partial charge in [-0.3, -0.25) is 0 Å². The molecule has 2 atom stereocenters. The van der Waals surface area contributed by atoms with Crippen molar-refractivity contribution < 1.29 is 9.47 Å². The molecule has 2 nitrogen and oxygen atoms in total. The molecular weight excluding hydrogens is 327 g/mol. The lowest BCUT2D eigenvalue weighted by atomic mass is 9.49. The molecule has 1 aromatic rings. The molecule has 25 heavy (non-hydrogen) atoms. The molecule has 4 fully saturated rings. The average Bonchev–Trinajstić information content (AvgIpc) is 2.59. The summed E-state index contributed by atoms with van der Waals surface area (Å²) in [5.41, 5.74) is 1.82. The van der Waals surface area contributed by atoms with E-state index in [0.29, 0.717) is 5.41 Å². The van der Waals surface area contributed by atoms with Crippen molar-refractivity contribution in [3.63, 3.8) is 0 Å². The molecule has 0 aromatic heterocycles. The summed E-state index contributed by atoms with van der Waals surface area (Å²) in [6.45, 7) is 2.97. The molecular formula is C22H33O2P. The molecule has 0 amide bonds. The van der Waals surface area contributed by atoms with E-state index in [0.717, 1.165) is 49.1 Å². The minimum atomic E-state index is -0.0851. The van der Waals surface area contributed by atoms with E-state index in [2.05, 4.69) is 40.4 Å². The fraction of sp³-hybridized carbons (Fsp3) is 0.727. The van der Waals surface area contributed by atoms with Gasteiger partial charge in [0.05, 0.1) is 6.61 Å². The summed E-state index contributed by atoms with van der Waals surface area (Å²) in [6.07, 6.45) is 11.8. The number of benzene rings is 1. The van der Waals surface area contributed by atoms with Crippen LogP contribution in [-0.4, -0.2) is 12.9 Å². The maximum atomic E-state index is 6.33. The fourth-order valence-corrected chi connectivity index (χ4v) is 6.41. The highest BCUT2D eigenvalue weighted by molar-refractivity contribution is 7.15. The Labute approximate surface area is 155 Å². The summed E-state index contributed by atoms with van der Waals surface area (Å²) in [5.74, 6) is 3.91. The van der Waals surface area contributed by atoms with Gasteiger partial charge in [-0.25, -0.2) is 0 Å². The molecule has 4 aliphatic carbocycles. The Morgan fingerprint density at radius 1 is 1.04 bits per heavy atom. The average molecular weight is 360 g/mol. The van der Waals surface area contributed by atoms with Crippen LogP contribution in [0.15, 0.2) is 24.3 Å².